The first-order valence-electron chi connectivity index (χ1n) is 10.7. The molecule has 1 heterocycles. The van der Waals surface area contributed by atoms with Crippen molar-refractivity contribution in [2.45, 2.75) is 14.1 Å². The number of halogens is 6. The lowest BCUT2D eigenvalue weighted by atomic mass is 9.84. The number of ether oxygens (including phenoxy) is 2. The van der Waals surface area contributed by atoms with Crippen molar-refractivity contribution < 1.29 is 23.9 Å². The minimum atomic E-state index is -2.05. The smallest absolute Gasteiger partial charge is 0.257 e. The number of alkyl halides is 4. The number of hydrogen-bond donors (Lipinski definition) is 1. The van der Waals surface area contributed by atoms with Gasteiger partial charge in [-0.15, -0.1) is 23.2 Å². The van der Waals surface area contributed by atoms with Crippen LogP contribution in [-0.2, 0) is 9.59 Å². The van der Waals surface area contributed by atoms with Gasteiger partial charge < -0.3 is 14.8 Å². The summed E-state index contributed by atoms with van der Waals surface area (Å²) in [4.78, 5) is 37.8. The Kier molecular flexibility index (Phi) is 6.38. The highest BCUT2D eigenvalue weighted by Crippen LogP contribution is 2.77. The second-order valence-electron chi connectivity index (χ2n) is 8.63. The molecular formula is C24H16Cl6N2O5. The Labute approximate surface area is 241 Å². The highest BCUT2D eigenvalue weighted by molar-refractivity contribution is 6.67. The Bertz CT molecular complexity index is 1370. The van der Waals surface area contributed by atoms with Crippen LogP contribution >= 0.6 is 69.6 Å². The van der Waals surface area contributed by atoms with E-state index in [-0.39, 0.29) is 21.3 Å². The van der Waals surface area contributed by atoms with Crippen LogP contribution in [0.2, 0.25) is 0 Å². The summed E-state index contributed by atoms with van der Waals surface area (Å²) >= 11 is 39.4. The van der Waals surface area contributed by atoms with Gasteiger partial charge in [-0.2, -0.15) is 0 Å². The van der Waals surface area contributed by atoms with E-state index in [1.165, 1.54) is 26.4 Å². The largest absolute Gasteiger partial charge is 0.497 e. The molecule has 2 aromatic rings. The average molecular weight is 625 g/mol. The van der Waals surface area contributed by atoms with Gasteiger partial charge in [-0.3, -0.25) is 14.4 Å². The van der Waals surface area contributed by atoms with E-state index in [4.69, 9.17) is 79.1 Å². The molecule has 7 nitrogen and oxygen atoms in total. The molecule has 13 heteroatoms. The first-order chi connectivity index (χ1) is 17.4. The Hall–Kier alpha value is -1.87. The number of rotatable bonds is 5. The van der Waals surface area contributed by atoms with Crippen molar-refractivity contribution in [3.63, 3.8) is 0 Å². The molecule has 0 unspecified atom stereocenters. The molecule has 0 aromatic heterocycles. The molecule has 1 saturated heterocycles. The summed E-state index contributed by atoms with van der Waals surface area (Å²) in [6.45, 7) is 0. The number of nitrogens with one attached hydrogen (secondary N) is 1. The average Bonchev–Trinajstić information content (AvgIpc) is 3.27. The van der Waals surface area contributed by atoms with Crippen LogP contribution in [0, 0.1) is 11.8 Å². The molecule has 2 aromatic carbocycles. The Balaban J connectivity index is 1.54. The van der Waals surface area contributed by atoms with Crippen LogP contribution in [0.1, 0.15) is 10.4 Å². The van der Waals surface area contributed by atoms with Gasteiger partial charge in [-0.05, 0) is 24.3 Å². The number of anilines is 2. The van der Waals surface area contributed by atoms with Crippen molar-refractivity contribution >= 4 is 98.7 Å². The summed E-state index contributed by atoms with van der Waals surface area (Å²) < 4.78 is 8.46. The van der Waals surface area contributed by atoms with Crippen molar-refractivity contribution in [3.8, 4) is 11.5 Å². The maximum atomic E-state index is 13.7. The number of carbonyl (C=O) groups is 3. The Morgan fingerprint density at radius 2 is 1.46 bits per heavy atom. The number of nitrogens with zero attached hydrogens (tertiary/aromatic N) is 1. The van der Waals surface area contributed by atoms with Gasteiger partial charge in [0, 0.05) is 6.07 Å². The number of allylic oxidation sites excluding steroid dienone is 2. The van der Waals surface area contributed by atoms with E-state index < -0.39 is 43.6 Å². The van der Waals surface area contributed by atoms with Gasteiger partial charge >= 0.3 is 0 Å². The Morgan fingerprint density at radius 1 is 0.892 bits per heavy atom. The fourth-order valence-corrected chi connectivity index (χ4v) is 8.11. The number of hydrogen-bond acceptors (Lipinski definition) is 5. The van der Waals surface area contributed by atoms with E-state index >= 15 is 0 Å². The van der Waals surface area contributed by atoms with Crippen LogP contribution in [0.3, 0.4) is 0 Å². The summed E-state index contributed by atoms with van der Waals surface area (Å²) in [7, 11) is 2.94. The van der Waals surface area contributed by atoms with Crippen molar-refractivity contribution in [3.05, 3.63) is 58.1 Å². The Morgan fingerprint density at radius 3 is 2.00 bits per heavy atom. The van der Waals surface area contributed by atoms with Gasteiger partial charge in [0.1, 0.15) is 21.2 Å². The zero-order valence-electron chi connectivity index (χ0n) is 19.0. The lowest BCUT2D eigenvalue weighted by molar-refractivity contribution is -0.123. The first kappa shape index (κ1) is 26.7. The van der Waals surface area contributed by atoms with Crippen LogP contribution in [0.15, 0.2) is 52.5 Å². The number of benzene rings is 2. The van der Waals surface area contributed by atoms with Crippen molar-refractivity contribution in [1.29, 1.82) is 0 Å². The third-order valence-electron chi connectivity index (χ3n) is 6.96. The molecule has 3 amide bonds. The number of fused-ring (bicyclic) bond motifs is 5. The zero-order valence-corrected chi connectivity index (χ0v) is 23.5. The SMILES string of the molecule is COc1ccc(NC(=O)c2ccccc2N2C(=O)[C@H]3[C@H](C2=O)[C@@]2(Cl)C(Cl)=C(Cl)[C@@]3(Cl)C2(Cl)Cl)c(OC)c1. The molecule has 4 atom stereocenters. The van der Waals surface area contributed by atoms with Crippen molar-refractivity contribution in [2.24, 2.45) is 11.8 Å². The summed E-state index contributed by atoms with van der Waals surface area (Å²) in [6.07, 6.45) is 0. The predicted octanol–water partition coefficient (Wildman–Crippen LogP) is 5.91. The van der Waals surface area contributed by atoms with Crippen LogP contribution in [0.5, 0.6) is 11.5 Å². The van der Waals surface area contributed by atoms with Crippen molar-refractivity contribution in [1.82, 2.24) is 0 Å². The molecule has 2 fully saturated rings. The fraction of sp³-hybridized carbons (Fsp3) is 0.292. The number of carbonyl (C=O) groups excluding carboxylic acids is 3. The van der Waals surface area contributed by atoms with Gasteiger partial charge in [0.15, 0.2) is 4.33 Å². The van der Waals surface area contributed by atoms with Gasteiger partial charge in [0.2, 0.25) is 11.8 Å². The third-order valence-corrected chi connectivity index (χ3v) is 11.2. The molecule has 194 valence electrons. The van der Waals surface area contributed by atoms with Gasteiger partial charge in [0.25, 0.3) is 5.91 Å². The van der Waals surface area contributed by atoms with E-state index in [1.807, 2.05) is 0 Å². The van der Waals surface area contributed by atoms with Crippen molar-refractivity contribution in [2.75, 3.05) is 24.4 Å². The molecule has 0 spiro atoms. The molecule has 5 rings (SSSR count). The highest BCUT2D eigenvalue weighted by atomic mass is 35.5. The standard InChI is InChI=1S/C24H16Cl6N2O5/c1-36-10-7-8-12(14(9-10)37-2)31-19(33)11-5-3-4-6-13(11)32-20(34)15-16(21(32)35)23(28)18(26)17(25)22(15,27)24(23,29)30/h3-9,15-16H,1-2H3,(H,31,33)/t15-,16-,22-,23-/m1/s1. The molecule has 1 N–H and O–H groups in total. The minimum absolute atomic E-state index is 0.0128. The molecule has 1 aliphatic heterocycles. The lowest BCUT2D eigenvalue weighted by Crippen LogP contribution is -2.50. The van der Waals surface area contributed by atoms with Gasteiger partial charge in [-0.25, -0.2) is 4.90 Å². The maximum absolute atomic E-state index is 13.7. The molecular weight excluding hydrogens is 609 g/mol. The van der Waals surface area contributed by atoms with Gasteiger partial charge in [-0.1, -0.05) is 58.5 Å². The van der Waals surface area contributed by atoms with Crippen LogP contribution in [0.4, 0.5) is 11.4 Å². The quantitative estimate of drug-likeness (QED) is 0.330. The number of para-hydroxylation sites is 1. The summed E-state index contributed by atoms with van der Waals surface area (Å²) in [6, 6.07) is 10.9. The van der Waals surface area contributed by atoms with E-state index in [0.29, 0.717) is 17.2 Å². The summed E-state index contributed by atoms with van der Waals surface area (Å²) in [5.74, 6) is -3.91. The van der Waals surface area contributed by atoms with Crippen LogP contribution in [-0.4, -0.2) is 46.0 Å². The molecule has 0 radical (unpaired) electrons. The topological polar surface area (TPSA) is 84.9 Å². The van der Waals surface area contributed by atoms with E-state index in [9.17, 15) is 14.4 Å². The maximum Gasteiger partial charge on any atom is 0.257 e. The second kappa shape index (κ2) is 8.83. The zero-order chi connectivity index (χ0) is 27.1. The second-order valence-corrected chi connectivity index (χ2v) is 11.9. The summed E-state index contributed by atoms with van der Waals surface area (Å²) in [5.41, 5.74) is 0.377. The van der Waals surface area contributed by atoms with E-state index in [1.54, 1.807) is 30.3 Å². The van der Waals surface area contributed by atoms with Crippen LogP contribution in [0.25, 0.3) is 0 Å². The van der Waals surface area contributed by atoms with E-state index in [0.717, 1.165) is 4.90 Å². The molecule has 37 heavy (non-hydrogen) atoms. The normalized spacial score (nSPS) is 29.6. The lowest BCUT2D eigenvalue weighted by Gasteiger charge is -2.34. The molecule has 2 bridgehead atoms. The minimum Gasteiger partial charge on any atom is -0.497 e. The van der Waals surface area contributed by atoms with Crippen LogP contribution < -0.4 is 19.7 Å². The monoisotopic (exact) mass is 622 g/mol. The number of imide groups is 1. The number of amides is 3. The van der Waals surface area contributed by atoms with Gasteiger partial charge in [0.05, 0.1) is 53.1 Å². The first-order valence-corrected chi connectivity index (χ1v) is 13.0. The molecule has 1 saturated carbocycles. The molecule has 2 aliphatic carbocycles. The highest BCUT2D eigenvalue weighted by Gasteiger charge is 2.87. The predicted molar refractivity (Wildman–Crippen MR) is 144 cm³/mol. The number of methoxy groups -OCH3 is 2. The molecule has 3 aliphatic rings. The summed E-state index contributed by atoms with van der Waals surface area (Å²) in [5, 5.41) is 2.34. The fourth-order valence-electron chi connectivity index (χ4n) is 5.18. The third kappa shape index (κ3) is 3.25. The van der Waals surface area contributed by atoms with E-state index in [2.05, 4.69) is 5.32 Å².